The number of nitrogens with zero attached hydrogens (tertiary/aromatic N) is 2. The van der Waals surface area contributed by atoms with Gasteiger partial charge in [0.2, 0.25) is 10.0 Å². The van der Waals surface area contributed by atoms with Gasteiger partial charge in [0.05, 0.1) is 9.82 Å². The lowest BCUT2D eigenvalue weighted by molar-refractivity contribution is -0.384. The monoisotopic (exact) mass is 285 g/mol. The van der Waals surface area contributed by atoms with Gasteiger partial charge in [-0.15, -0.1) is 0 Å². The molecule has 0 aromatic heterocycles. The van der Waals surface area contributed by atoms with Crippen molar-refractivity contribution in [2.45, 2.75) is 30.3 Å². The molecule has 0 radical (unpaired) electrons. The zero-order valence-electron chi connectivity index (χ0n) is 10.4. The normalized spacial score (nSPS) is 24.5. The first kappa shape index (κ1) is 13.9. The van der Waals surface area contributed by atoms with E-state index in [-0.39, 0.29) is 29.2 Å². The predicted molar refractivity (Wildman–Crippen MR) is 69.0 cm³/mol. The highest BCUT2D eigenvalue weighted by atomic mass is 32.2. The van der Waals surface area contributed by atoms with Crippen LogP contribution in [0.5, 0.6) is 0 Å². The second kappa shape index (κ2) is 4.87. The van der Waals surface area contributed by atoms with E-state index in [0.29, 0.717) is 6.42 Å². The molecule has 0 aliphatic carbocycles. The number of nitro groups is 1. The smallest absolute Gasteiger partial charge is 0.269 e. The van der Waals surface area contributed by atoms with Gasteiger partial charge in [-0.05, 0) is 25.5 Å². The summed E-state index contributed by atoms with van der Waals surface area (Å²) in [6, 6.07) is 4.56. The highest BCUT2D eigenvalue weighted by Crippen LogP contribution is 2.26. The van der Waals surface area contributed by atoms with Gasteiger partial charge in [0.15, 0.2) is 0 Å². The number of nitrogens with two attached hydrogens (primary N) is 1. The van der Waals surface area contributed by atoms with Crippen LogP contribution in [0.2, 0.25) is 0 Å². The molecule has 7 nitrogen and oxygen atoms in total. The lowest BCUT2D eigenvalue weighted by atomic mass is 10.2. The Morgan fingerprint density at radius 2 is 1.95 bits per heavy atom. The zero-order valence-corrected chi connectivity index (χ0v) is 11.2. The summed E-state index contributed by atoms with van der Waals surface area (Å²) in [6.07, 6.45) is 0.617. The van der Waals surface area contributed by atoms with E-state index >= 15 is 0 Å². The molecule has 8 heteroatoms. The Kier molecular flexibility index (Phi) is 3.57. The van der Waals surface area contributed by atoms with Crippen molar-refractivity contribution >= 4 is 15.7 Å². The fourth-order valence-corrected chi connectivity index (χ4v) is 3.95. The minimum absolute atomic E-state index is 0.0547. The molecule has 2 atom stereocenters. The largest absolute Gasteiger partial charge is 0.326 e. The van der Waals surface area contributed by atoms with Crippen molar-refractivity contribution in [3.05, 3.63) is 34.4 Å². The maximum Gasteiger partial charge on any atom is 0.269 e. The molecule has 1 aliphatic rings. The number of sulfonamides is 1. The van der Waals surface area contributed by atoms with Crippen LogP contribution in [-0.4, -0.2) is 36.3 Å². The highest BCUT2D eigenvalue weighted by Gasteiger charge is 2.36. The predicted octanol–water partition coefficient (Wildman–Crippen LogP) is 0.705. The van der Waals surface area contributed by atoms with E-state index in [0.717, 1.165) is 0 Å². The van der Waals surface area contributed by atoms with Crippen LogP contribution in [0.3, 0.4) is 0 Å². The average molecular weight is 285 g/mol. The van der Waals surface area contributed by atoms with Gasteiger partial charge in [0, 0.05) is 30.8 Å². The molecule has 1 aliphatic heterocycles. The van der Waals surface area contributed by atoms with E-state index < -0.39 is 14.9 Å². The van der Waals surface area contributed by atoms with Crippen LogP contribution in [0, 0.1) is 10.1 Å². The fraction of sp³-hybridized carbons (Fsp3) is 0.455. The summed E-state index contributed by atoms with van der Waals surface area (Å²) in [4.78, 5) is 10.0. The Hall–Kier alpha value is -1.51. The minimum Gasteiger partial charge on any atom is -0.326 e. The number of benzene rings is 1. The van der Waals surface area contributed by atoms with Crippen molar-refractivity contribution in [1.29, 1.82) is 0 Å². The molecule has 1 saturated heterocycles. The van der Waals surface area contributed by atoms with Crippen LogP contribution < -0.4 is 5.73 Å². The standard InChI is InChI=1S/C11H15N3O4S/c1-8-6-9(12)7-13(8)19(17,18)11-4-2-10(3-5-11)14(15)16/h2-5,8-9H,6-7,12H2,1H3. The van der Waals surface area contributed by atoms with Crippen molar-refractivity contribution < 1.29 is 13.3 Å². The van der Waals surface area contributed by atoms with E-state index in [2.05, 4.69) is 0 Å². The average Bonchev–Trinajstić information content (AvgIpc) is 2.69. The molecule has 19 heavy (non-hydrogen) atoms. The van der Waals surface area contributed by atoms with Crippen molar-refractivity contribution in [2.24, 2.45) is 5.73 Å². The van der Waals surface area contributed by atoms with E-state index in [1.165, 1.54) is 28.6 Å². The van der Waals surface area contributed by atoms with Crippen LogP contribution in [0.4, 0.5) is 5.69 Å². The summed E-state index contributed by atoms with van der Waals surface area (Å²) in [5, 5.41) is 10.5. The van der Waals surface area contributed by atoms with Gasteiger partial charge < -0.3 is 5.73 Å². The second-order valence-electron chi connectivity index (χ2n) is 4.67. The molecule has 2 rings (SSSR count). The summed E-state index contributed by atoms with van der Waals surface area (Å²) in [5.41, 5.74) is 5.62. The Morgan fingerprint density at radius 1 is 1.37 bits per heavy atom. The number of rotatable bonds is 3. The van der Waals surface area contributed by atoms with Crippen LogP contribution in [0.1, 0.15) is 13.3 Å². The molecule has 104 valence electrons. The zero-order chi connectivity index (χ0) is 14.2. The number of hydrogen-bond acceptors (Lipinski definition) is 5. The van der Waals surface area contributed by atoms with Crippen molar-refractivity contribution in [3.8, 4) is 0 Å². The molecular weight excluding hydrogens is 270 g/mol. The summed E-state index contributed by atoms with van der Waals surface area (Å²) < 4.78 is 26.1. The van der Waals surface area contributed by atoms with Gasteiger partial charge in [-0.25, -0.2) is 8.42 Å². The van der Waals surface area contributed by atoms with E-state index in [1.807, 2.05) is 0 Å². The van der Waals surface area contributed by atoms with Crippen LogP contribution >= 0.6 is 0 Å². The molecule has 1 fully saturated rings. The Balaban J connectivity index is 2.32. The summed E-state index contributed by atoms with van der Waals surface area (Å²) >= 11 is 0. The molecule has 0 saturated carbocycles. The van der Waals surface area contributed by atoms with Gasteiger partial charge in [-0.1, -0.05) is 0 Å². The summed E-state index contributed by atoms with van der Waals surface area (Å²) in [7, 11) is -3.63. The number of hydrogen-bond donors (Lipinski definition) is 1. The van der Waals surface area contributed by atoms with Gasteiger partial charge in [0.1, 0.15) is 0 Å². The number of nitro benzene ring substituents is 1. The molecule has 1 heterocycles. The fourth-order valence-electron chi connectivity index (χ4n) is 2.25. The Morgan fingerprint density at radius 3 is 2.37 bits per heavy atom. The maximum absolute atomic E-state index is 12.4. The summed E-state index contributed by atoms with van der Waals surface area (Å²) in [5.74, 6) is 0. The lowest BCUT2D eigenvalue weighted by Gasteiger charge is -2.20. The third-order valence-corrected chi connectivity index (χ3v) is 5.20. The molecular formula is C11H15N3O4S. The summed E-state index contributed by atoms with van der Waals surface area (Å²) in [6.45, 7) is 2.08. The molecule has 2 unspecified atom stereocenters. The van der Waals surface area contributed by atoms with Crippen molar-refractivity contribution in [2.75, 3.05) is 6.54 Å². The SMILES string of the molecule is CC1CC(N)CN1S(=O)(=O)c1ccc([N+](=O)[O-])cc1. The third kappa shape index (κ3) is 2.60. The van der Waals surface area contributed by atoms with E-state index in [9.17, 15) is 18.5 Å². The first-order valence-electron chi connectivity index (χ1n) is 5.84. The van der Waals surface area contributed by atoms with Crippen LogP contribution in [-0.2, 0) is 10.0 Å². The first-order valence-corrected chi connectivity index (χ1v) is 7.28. The topological polar surface area (TPSA) is 107 Å². The minimum atomic E-state index is -3.63. The van der Waals surface area contributed by atoms with Crippen LogP contribution in [0.15, 0.2) is 29.2 Å². The van der Waals surface area contributed by atoms with Crippen molar-refractivity contribution in [1.82, 2.24) is 4.31 Å². The van der Waals surface area contributed by atoms with Gasteiger partial charge in [-0.3, -0.25) is 10.1 Å². The molecule has 1 aromatic carbocycles. The Labute approximate surface area is 111 Å². The molecule has 2 N–H and O–H groups in total. The molecule has 0 spiro atoms. The maximum atomic E-state index is 12.4. The quantitative estimate of drug-likeness (QED) is 0.650. The van der Waals surface area contributed by atoms with Gasteiger partial charge in [0.25, 0.3) is 5.69 Å². The van der Waals surface area contributed by atoms with Crippen LogP contribution in [0.25, 0.3) is 0 Å². The third-order valence-electron chi connectivity index (χ3n) is 3.20. The van der Waals surface area contributed by atoms with Crippen molar-refractivity contribution in [3.63, 3.8) is 0 Å². The molecule has 0 bridgehead atoms. The molecule has 1 aromatic rings. The van der Waals surface area contributed by atoms with E-state index in [1.54, 1.807) is 6.92 Å². The lowest BCUT2D eigenvalue weighted by Crippen LogP contribution is -2.35. The first-order chi connectivity index (χ1) is 8.82. The highest BCUT2D eigenvalue weighted by molar-refractivity contribution is 7.89. The van der Waals surface area contributed by atoms with E-state index in [4.69, 9.17) is 5.73 Å². The number of non-ortho nitro benzene ring substituents is 1. The molecule has 0 amide bonds. The van der Waals surface area contributed by atoms with Gasteiger partial charge in [-0.2, -0.15) is 4.31 Å². The Bertz CT molecular complexity index is 584. The van der Waals surface area contributed by atoms with Gasteiger partial charge >= 0.3 is 0 Å². The second-order valence-corrected chi connectivity index (χ2v) is 6.56.